The van der Waals surface area contributed by atoms with Crippen molar-refractivity contribution >= 4 is 29.0 Å². The summed E-state index contributed by atoms with van der Waals surface area (Å²) in [6.07, 6.45) is 3.37. The van der Waals surface area contributed by atoms with Crippen LogP contribution in [-0.2, 0) is 4.79 Å². The number of carbonyl (C=O) groups is 1. The zero-order chi connectivity index (χ0) is 26.9. The molecule has 192 valence electrons. The van der Waals surface area contributed by atoms with E-state index in [1.54, 1.807) is 66.7 Å². The van der Waals surface area contributed by atoms with Gasteiger partial charge in [0.2, 0.25) is 0 Å². The van der Waals surface area contributed by atoms with E-state index in [4.69, 9.17) is 23.9 Å². The molecule has 0 saturated carbocycles. The number of fused-ring (bicyclic) bond motifs is 1. The van der Waals surface area contributed by atoms with Crippen LogP contribution in [0.15, 0.2) is 65.5 Å². The molecule has 0 radical (unpaired) electrons. The van der Waals surface area contributed by atoms with Gasteiger partial charge in [0.15, 0.2) is 11.5 Å². The van der Waals surface area contributed by atoms with Crippen molar-refractivity contribution in [2.75, 3.05) is 21.3 Å². The molecule has 0 saturated heterocycles. The van der Waals surface area contributed by atoms with Crippen molar-refractivity contribution in [3.8, 4) is 28.7 Å². The maximum absolute atomic E-state index is 13.7. The third-order valence-electron chi connectivity index (χ3n) is 5.31. The normalized spacial score (nSPS) is 10.5. The van der Waals surface area contributed by atoms with Crippen molar-refractivity contribution in [3.63, 3.8) is 0 Å². The van der Waals surface area contributed by atoms with Gasteiger partial charge in [0.05, 0.1) is 32.2 Å². The predicted octanol–water partition coefficient (Wildman–Crippen LogP) is 5.53. The fourth-order valence-electron chi connectivity index (χ4n) is 3.77. The van der Waals surface area contributed by atoms with Crippen molar-refractivity contribution in [2.45, 2.75) is 20.8 Å². The first-order chi connectivity index (χ1) is 18.0. The van der Waals surface area contributed by atoms with E-state index < -0.39 is 5.97 Å². The summed E-state index contributed by atoms with van der Waals surface area (Å²) in [5.41, 5.74) is 1.24. The number of benzene rings is 3. The average Bonchev–Trinajstić information content (AvgIpc) is 2.93. The summed E-state index contributed by atoms with van der Waals surface area (Å²) >= 11 is 0. The van der Waals surface area contributed by atoms with Crippen LogP contribution in [-0.4, -0.2) is 36.8 Å². The van der Waals surface area contributed by atoms with Gasteiger partial charge in [-0.1, -0.05) is 44.2 Å². The van der Waals surface area contributed by atoms with Gasteiger partial charge in [-0.05, 0) is 42.5 Å². The van der Waals surface area contributed by atoms with Crippen molar-refractivity contribution in [3.05, 3.63) is 82.4 Å². The first kappa shape index (κ1) is 27.0. The van der Waals surface area contributed by atoms with Crippen LogP contribution in [0.1, 0.15) is 32.2 Å². The molecule has 1 aromatic heterocycles. The molecule has 0 spiro atoms. The number of hydrogen-bond donors (Lipinski definition) is 0. The van der Waals surface area contributed by atoms with Gasteiger partial charge in [-0.25, -0.2) is 4.98 Å². The minimum atomic E-state index is -0.483. The number of rotatable bonds is 7. The summed E-state index contributed by atoms with van der Waals surface area (Å²) in [6.45, 7) is 5.32. The minimum Gasteiger partial charge on any atom is -0.494 e. The second kappa shape index (κ2) is 12.4. The summed E-state index contributed by atoms with van der Waals surface area (Å²) in [7, 11) is 4.54. The summed E-state index contributed by atoms with van der Waals surface area (Å²) in [4.78, 5) is 30.1. The van der Waals surface area contributed by atoms with Crippen LogP contribution in [0, 0.1) is 0 Å². The second-order valence-corrected chi connectivity index (χ2v) is 7.44. The summed E-state index contributed by atoms with van der Waals surface area (Å²) in [5, 5.41) is 0.444. The van der Waals surface area contributed by atoms with Crippen LogP contribution >= 0.6 is 0 Å². The lowest BCUT2D eigenvalue weighted by Gasteiger charge is -2.17. The molecular weight excluding hydrogens is 472 g/mol. The number of hydrogen-bond acceptors (Lipinski definition) is 7. The van der Waals surface area contributed by atoms with E-state index in [0.29, 0.717) is 45.2 Å². The molecule has 1 heterocycles. The number of ether oxygens (including phenoxy) is 4. The van der Waals surface area contributed by atoms with Crippen LogP contribution in [0.5, 0.6) is 23.0 Å². The summed E-state index contributed by atoms with van der Waals surface area (Å²) in [6, 6.07) is 17.6. The number of esters is 1. The number of aromatic nitrogens is 2. The third-order valence-corrected chi connectivity index (χ3v) is 5.31. The van der Waals surface area contributed by atoms with E-state index in [-0.39, 0.29) is 11.3 Å². The molecule has 3 aromatic carbocycles. The van der Waals surface area contributed by atoms with Gasteiger partial charge in [0.25, 0.3) is 5.56 Å². The molecule has 0 unspecified atom stereocenters. The SMILES string of the molecule is CC.COc1cccc(/C=C/c2nc3ccccc3c(=O)n2-c2c(OC)cccc2OC)c1OC(C)=O. The molecule has 4 aromatic rings. The summed E-state index contributed by atoms with van der Waals surface area (Å²) in [5.74, 6) is 1.40. The Morgan fingerprint density at radius 1 is 0.811 bits per heavy atom. The van der Waals surface area contributed by atoms with E-state index in [2.05, 4.69) is 0 Å². The van der Waals surface area contributed by atoms with Crippen LogP contribution < -0.4 is 24.5 Å². The lowest BCUT2D eigenvalue weighted by molar-refractivity contribution is -0.132. The zero-order valence-corrected chi connectivity index (χ0v) is 21.8. The Bertz CT molecular complexity index is 1470. The fourth-order valence-corrected chi connectivity index (χ4v) is 3.77. The first-order valence-corrected chi connectivity index (χ1v) is 11.7. The Kier molecular flexibility index (Phi) is 9.05. The molecule has 0 atom stereocenters. The molecule has 8 heteroatoms. The van der Waals surface area contributed by atoms with Crippen LogP contribution in [0.25, 0.3) is 28.7 Å². The highest BCUT2D eigenvalue weighted by molar-refractivity contribution is 5.82. The molecule has 4 rings (SSSR count). The highest BCUT2D eigenvalue weighted by Crippen LogP contribution is 2.34. The predicted molar refractivity (Wildman–Crippen MR) is 145 cm³/mol. The maximum Gasteiger partial charge on any atom is 0.308 e. The molecule has 0 amide bonds. The Morgan fingerprint density at radius 3 is 2.03 bits per heavy atom. The molecule has 37 heavy (non-hydrogen) atoms. The number of para-hydroxylation sites is 3. The minimum absolute atomic E-state index is 0.267. The molecule has 0 bridgehead atoms. The molecule has 0 aliphatic rings. The molecule has 0 aliphatic heterocycles. The Hall–Kier alpha value is -4.59. The monoisotopic (exact) mass is 502 g/mol. The molecule has 8 nitrogen and oxygen atoms in total. The largest absolute Gasteiger partial charge is 0.494 e. The number of carbonyl (C=O) groups excluding carboxylic acids is 1. The van der Waals surface area contributed by atoms with Gasteiger partial charge >= 0.3 is 5.97 Å². The van der Waals surface area contributed by atoms with Crippen LogP contribution in [0.4, 0.5) is 0 Å². The standard InChI is InChI=1S/C27H24N2O6.C2H6/c1-17(30)35-26-18(9-7-14-23(26)34-4)15-16-24-28-20-11-6-5-10-19(20)27(31)29(24)25-21(32-2)12-8-13-22(25)33-3;1-2/h5-16H,1-4H3;1-2H3/b16-15+;. The number of methoxy groups -OCH3 is 3. The van der Waals surface area contributed by atoms with E-state index in [1.807, 2.05) is 19.9 Å². The Balaban J connectivity index is 0.00000186. The first-order valence-electron chi connectivity index (χ1n) is 11.7. The average molecular weight is 503 g/mol. The zero-order valence-electron chi connectivity index (χ0n) is 21.8. The quantitative estimate of drug-likeness (QED) is 0.242. The van der Waals surface area contributed by atoms with Crippen LogP contribution in [0.2, 0.25) is 0 Å². The van der Waals surface area contributed by atoms with Gasteiger partial charge in [0.1, 0.15) is 23.0 Å². The highest BCUT2D eigenvalue weighted by Gasteiger charge is 2.19. The Morgan fingerprint density at radius 2 is 1.41 bits per heavy atom. The topological polar surface area (TPSA) is 88.9 Å². The maximum atomic E-state index is 13.7. The summed E-state index contributed by atoms with van der Waals surface area (Å²) < 4.78 is 23.3. The fraction of sp³-hybridized carbons (Fsp3) is 0.207. The smallest absolute Gasteiger partial charge is 0.308 e. The van der Waals surface area contributed by atoms with Crippen molar-refractivity contribution < 1.29 is 23.7 Å². The van der Waals surface area contributed by atoms with E-state index in [9.17, 15) is 9.59 Å². The van der Waals surface area contributed by atoms with Gasteiger partial charge in [-0.3, -0.25) is 14.2 Å². The molecule has 0 fully saturated rings. The van der Waals surface area contributed by atoms with Gasteiger partial charge < -0.3 is 18.9 Å². The number of nitrogens with zero attached hydrogens (tertiary/aromatic N) is 2. The van der Waals surface area contributed by atoms with Gasteiger partial charge in [0, 0.05) is 12.5 Å². The van der Waals surface area contributed by atoms with E-state index in [0.717, 1.165) is 0 Å². The van der Waals surface area contributed by atoms with Crippen molar-refractivity contribution in [1.29, 1.82) is 0 Å². The molecule has 0 N–H and O–H groups in total. The van der Waals surface area contributed by atoms with Crippen molar-refractivity contribution in [2.24, 2.45) is 0 Å². The second-order valence-electron chi connectivity index (χ2n) is 7.44. The highest BCUT2D eigenvalue weighted by atomic mass is 16.6. The van der Waals surface area contributed by atoms with E-state index >= 15 is 0 Å². The third kappa shape index (κ3) is 5.64. The molecular formula is C29H30N2O6. The lowest BCUT2D eigenvalue weighted by Crippen LogP contribution is -2.23. The van der Waals surface area contributed by atoms with Crippen LogP contribution in [0.3, 0.4) is 0 Å². The lowest BCUT2D eigenvalue weighted by atomic mass is 10.1. The Labute approximate surface area is 215 Å². The molecule has 0 aliphatic carbocycles. The van der Waals surface area contributed by atoms with Gasteiger partial charge in [-0.2, -0.15) is 0 Å². The van der Waals surface area contributed by atoms with E-state index in [1.165, 1.54) is 32.8 Å². The van der Waals surface area contributed by atoms with Gasteiger partial charge in [-0.15, -0.1) is 0 Å². The van der Waals surface area contributed by atoms with Crippen molar-refractivity contribution in [1.82, 2.24) is 9.55 Å².